The number of hydrogen-bond acceptors (Lipinski definition) is 5. The molecule has 1 aliphatic rings. The number of benzene rings is 3. The number of nitrogens with zero attached hydrogens (tertiary/aromatic N) is 1. The lowest BCUT2D eigenvalue weighted by molar-refractivity contribution is -0.120. The van der Waals surface area contributed by atoms with Gasteiger partial charge < -0.3 is 15.4 Å². The summed E-state index contributed by atoms with van der Waals surface area (Å²) in [7, 11) is 0. The first-order chi connectivity index (χ1) is 16.8. The van der Waals surface area contributed by atoms with Crippen molar-refractivity contribution in [3.63, 3.8) is 0 Å². The van der Waals surface area contributed by atoms with Gasteiger partial charge in [-0.3, -0.25) is 14.4 Å². The Kier molecular flexibility index (Phi) is 7.10. The highest BCUT2D eigenvalue weighted by atomic mass is 35.5. The average Bonchev–Trinajstić information content (AvgIpc) is 3.04. The number of rotatable bonds is 7. The van der Waals surface area contributed by atoms with Gasteiger partial charge in [-0.2, -0.15) is 0 Å². The Morgan fingerprint density at radius 3 is 2.37 bits per heavy atom. The molecule has 35 heavy (non-hydrogen) atoms. The van der Waals surface area contributed by atoms with Gasteiger partial charge in [0.25, 0.3) is 17.7 Å². The Morgan fingerprint density at radius 2 is 1.63 bits per heavy atom. The summed E-state index contributed by atoms with van der Waals surface area (Å²) in [4.78, 5) is 39.5. The first-order valence-electron chi connectivity index (χ1n) is 10.7. The van der Waals surface area contributed by atoms with E-state index in [1.165, 1.54) is 0 Å². The van der Waals surface area contributed by atoms with Crippen molar-refractivity contribution in [2.24, 2.45) is 0 Å². The van der Waals surface area contributed by atoms with Crippen LogP contribution in [0.3, 0.4) is 0 Å². The third-order valence-electron chi connectivity index (χ3n) is 5.01. The number of imide groups is 1. The molecular weight excluding hydrogens is 489 g/mol. The van der Waals surface area contributed by atoms with E-state index in [-0.39, 0.29) is 33.5 Å². The average molecular weight is 510 g/mol. The maximum atomic E-state index is 13.0. The van der Waals surface area contributed by atoms with Gasteiger partial charge in [-0.25, -0.2) is 4.90 Å². The van der Waals surface area contributed by atoms with Crippen molar-refractivity contribution in [3.8, 4) is 5.75 Å². The molecule has 0 atom stereocenters. The van der Waals surface area contributed by atoms with Crippen molar-refractivity contribution in [1.82, 2.24) is 0 Å². The van der Waals surface area contributed by atoms with Gasteiger partial charge in [-0.1, -0.05) is 53.5 Å². The summed E-state index contributed by atoms with van der Waals surface area (Å²) in [5.74, 6) is -1.16. The summed E-state index contributed by atoms with van der Waals surface area (Å²) in [6.45, 7) is 3.80. The van der Waals surface area contributed by atoms with Gasteiger partial charge in [-0.15, -0.1) is 0 Å². The molecule has 3 amide bonds. The Hall–Kier alpha value is -3.81. The predicted molar refractivity (Wildman–Crippen MR) is 137 cm³/mol. The molecule has 0 radical (unpaired) electrons. The number of nitrogens with one attached hydrogen (secondary N) is 2. The van der Waals surface area contributed by atoms with E-state index < -0.39 is 11.8 Å². The Labute approximate surface area is 212 Å². The van der Waals surface area contributed by atoms with Crippen molar-refractivity contribution < 1.29 is 19.1 Å². The molecule has 1 heterocycles. The quantitative estimate of drug-likeness (QED) is 0.392. The zero-order chi connectivity index (χ0) is 25.1. The van der Waals surface area contributed by atoms with Gasteiger partial charge in [0.2, 0.25) is 0 Å². The van der Waals surface area contributed by atoms with E-state index in [2.05, 4.69) is 10.6 Å². The first-order valence-corrected chi connectivity index (χ1v) is 11.5. The highest BCUT2D eigenvalue weighted by Gasteiger charge is 2.39. The number of hydrogen-bond donors (Lipinski definition) is 2. The summed E-state index contributed by atoms with van der Waals surface area (Å²) >= 11 is 12.4. The van der Waals surface area contributed by atoms with Crippen LogP contribution < -0.4 is 20.3 Å². The molecule has 0 aromatic heterocycles. The molecule has 0 aliphatic carbocycles. The molecule has 3 aromatic carbocycles. The maximum absolute atomic E-state index is 13.0. The van der Waals surface area contributed by atoms with Crippen LogP contribution in [0.15, 0.2) is 83.5 Å². The lowest BCUT2D eigenvalue weighted by Gasteiger charge is -2.16. The third-order valence-corrected chi connectivity index (χ3v) is 5.68. The van der Waals surface area contributed by atoms with E-state index in [0.717, 1.165) is 4.90 Å². The summed E-state index contributed by atoms with van der Waals surface area (Å²) in [5, 5.41) is 5.68. The van der Waals surface area contributed by atoms with Crippen molar-refractivity contribution in [1.29, 1.82) is 0 Å². The van der Waals surface area contributed by atoms with E-state index in [0.29, 0.717) is 22.7 Å². The topological polar surface area (TPSA) is 87.7 Å². The van der Waals surface area contributed by atoms with Gasteiger partial charge in [0.1, 0.15) is 16.5 Å². The fraction of sp³-hybridized carbons (Fsp3) is 0.115. The summed E-state index contributed by atoms with van der Waals surface area (Å²) in [5.41, 5.74) is 1.38. The molecule has 0 saturated heterocycles. The Bertz CT molecular complexity index is 1350. The summed E-state index contributed by atoms with van der Waals surface area (Å²) < 4.78 is 5.75. The van der Waals surface area contributed by atoms with Crippen LogP contribution in [0.25, 0.3) is 0 Å². The minimum absolute atomic E-state index is 0.0596. The second kappa shape index (κ2) is 10.2. The van der Waals surface area contributed by atoms with Gasteiger partial charge in [-0.05, 0) is 56.3 Å². The largest absolute Gasteiger partial charge is 0.489 e. The van der Waals surface area contributed by atoms with Gasteiger partial charge in [0.15, 0.2) is 0 Å². The molecular formula is C26H21Cl2N3O4. The molecule has 178 valence electrons. The normalized spacial score (nSPS) is 13.5. The van der Waals surface area contributed by atoms with E-state index in [9.17, 15) is 14.4 Å². The Morgan fingerprint density at radius 1 is 0.914 bits per heavy atom. The predicted octanol–water partition coefficient (Wildman–Crippen LogP) is 5.82. The van der Waals surface area contributed by atoms with Crippen LogP contribution in [0.1, 0.15) is 24.2 Å². The SMILES string of the molecule is CC(C)Oc1ccccc1NC(=O)c1cccc(NC2=C(Cl)C(=O)N(c3ccccc3Cl)C2=O)c1. The van der Waals surface area contributed by atoms with Crippen LogP contribution >= 0.6 is 23.2 Å². The molecule has 3 aromatic rings. The maximum Gasteiger partial charge on any atom is 0.283 e. The molecule has 0 fully saturated rings. The van der Waals surface area contributed by atoms with Gasteiger partial charge >= 0.3 is 0 Å². The van der Waals surface area contributed by atoms with Crippen LogP contribution in [0, 0.1) is 0 Å². The molecule has 7 nitrogen and oxygen atoms in total. The number of para-hydroxylation sites is 3. The standard InChI is InChI=1S/C26H21Cl2N3O4/c1-15(2)35-21-13-6-4-11-19(21)30-24(32)16-8-7-9-17(14-16)29-23-22(28)25(33)31(26(23)34)20-12-5-3-10-18(20)27/h3-15,29H,1-2H3,(H,30,32). The van der Waals surface area contributed by atoms with Gasteiger partial charge in [0, 0.05) is 11.3 Å². The zero-order valence-corrected chi connectivity index (χ0v) is 20.4. The summed E-state index contributed by atoms with van der Waals surface area (Å²) in [6.07, 6.45) is -0.0596. The lowest BCUT2D eigenvalue weighted by Crippen LogP contribution is -2.32. The molecule has 0 unspecified atom stereocenters. The fourth-order valence-corrected chi connectivity index (χ4v) is 3.90. The fourth-order valence-electron chi connectivity index (χ4n) is 3.47. The zero-order valence-electron chi connectivity index (χ0n) is 18.8. The molecule has 0 saturated carbocycles. The van der Waals surface area contributed by atoms with E-state index in [4.69, 9.17) is 27.9 Å². The van der Waals surface area contributed by atoms with Crippen LogP contribution in [-0.2, 0) is 9.59 Å². The minimum atomic E-state index is -0.692. The molecule has 2 N–H and O–H groups in total. The number of anilines is 3. The van der Waals surface area contributed by atoms with E-state index in [1.54, 1.807) is 66.7 Å². The van der Waals surface area contributed by atoms with Crippen LogP contribution in [0.4, 0.5) is 17.1 Å². The lowest BCUT2D eigenvalue weighted by atomic mass is 10.1. The van der Waals surface area contributed by atoms with Crippen molar-refractivity contribution in [2.75, 3.05) is 15.5 Å². The first kappa shape index (κ1) is 24.3. The molecule has 4 rings (SSSR count). The van der Waals surface area contributed by atoms with Crippen LogP contribution in [-0.4, -0.2) is 23.8 Å². The minimum Gasteiger partial charge on any atom is -0.489 e. The van der Waals surface area contributed by atoms with Crippen molar-refractivity contribution >= 4 is 58.0 Å². The Balaban J connectivity index is 1.54. The summed E-state index contributed by atoms with van der Waals surface area (Å²) in [6, 6.07) is 20.1. The highest BCUT2D eigenvalue weighted by molar-refractivity contribution is 6.53. The molecule has 9 heteroatoms. The monoisotopic (exact) mass is 509 g/mol. The number of amides is 3. The number of carbonyl (C=O) groups is 3. The van der Waals surface area contributed by atoms with E-state index >= 15 is 0 Å². The molecule has 0 spiro atoms. The second-order valence-corrected chi connectivity index (χ2v) is 8.69. The smallest absolute Gasteiger partial charge is 0.283 e. The number of ether oxygens (including phenoxy) is 1. The van der Waals surface area contributed by atoms with E-state index in [1.807, 2.05) is 19.9 Å². The number of carbonyl (C=O) groups excluding carboxylic acids is 3. The van der Waals surface area contributed by atoms with Gasteiger partial charge in [0.05, 0.1) is 22.5 Å². The molecule has 1 aliphatic heterocycles. The van der Waals surface area contributed by atoms with Crippen LogP contribution in [0.2, 0.25) is 5.02 Å². The highest BCUT2D eigenvalue weighted by Crippen LogP contribution is 2.34. The molecule has 0 bridgehead atoms. The number of halogens is 2. The van der Waals surface area contributed by atoms with Crippen molar-refractivity contribution in [3.05, 3.63) is 94.1 Å². The van der Waals surface area contributed by atoms with Crippen molar-refractivity contribution in [2.45, 2.75) is 20.0 Å². The van der Waals surface area contributed by atoms with Crippen LogP contribution in [0.5, 0.6) is 5.75 Å². The second-order valence-electron chi connectivity index (χ2n) is 7.91. The third kappa shape index (κ3) is 5.16.